The van der Waals surface area contributed by atoms with E-state index in [9.17, 15) is 14.7 Å². The maximum Gasteiger partial charge on any atom is 0.326 e. The number of carbonyl (C=O) groups excluding carboxylic acids is 1. The number of aliphatic carboxylic acids is 1. The van der Waals surface area contributed by atoms with Gasteiger partial charge in [-0.3, -0.25) is 9.48 Å². The van der Waals surface area contributed by atoms with Gasteiger partial charge in [0.25, 0.3) is 5.91 Å². The van der Waals surface area contributed by atoms with Gasteiger partial charge in [0.15, 0.2) is 0 Å². The predicted octanol–water partition coefficient (Wildman–Crippen LogP) is 1.27. The minimum absolute atomic E-state index is 0.126. The third kappa shape index (κ3) is 3.13. The van der Waals surface area contributed by atoms with Crippen LogP contribution in [-0.2, 0) is 11.8 Å². The Hall–Kier alpha value is -1.85. The Balaban J connectivity index is 2.97. The molecule has 2 atom stereocenters. The number of hydrogen-bond donors (Lipinski definition) is 2. The molecule has 0 fully saturated rings. The molecule has 0 unspecified atom stereocenters. The topological polar surface area (TPSA) is 84.2 Å². The van der Waals surface area contributed by atoms with Crippen LogP contribution in [0, 0.1) is 19.8 Å². The summed E-state index contributed by atoms with van der Waals surface area (Å²) in [5.74, 6) is -1.52. The first kappa shape index (κ1) is 15.2. The molecule has 106 valence electrons. The lowest BCUT2D eigenvalue weighted by Crippen LogP contribution is -2.45. The van der Waals surface area contributed by atoms with Gasteiger partial charge >= 0.3 is 5.97 Å². The molecule has 1 heterocycles. The number of carboxylic acid groups (broad SMARTS) is 1. The van der Waals surface area contributed by atoms with Crippen LogP contribution in [0.15, 0.2) is 0 Å². The highest BCUT2D eigenvalue weighted by atomic mass is 16.4. The normalized spacial score (nSPS) is 13.9. The van der Waals surface area contributed by atoms with Gasteiger partial charge in [0.05, 0.1) is 11.3 Å². The van der Waals surface area contributed by atoms with Gasteiger partial charge < -0.3 is 10.4 Å². The molecule has 1 aromatic rings. The lowest BCUT2D eigenvalue weighted by Gasteiger charge is -2.20. The Labute approximate surface area is 112 Å². The summed E-state index contributed by atoms with van der Waals surface area (Å²) in [5.41, 5.74) is 1.78. The molecule has 1 rings (SSSR count). The molecule has 0 bridgehead atoms. The molecule has 0 saturated heterocycles. The van der Waals surface area contributed by atoms with Crippen LogP contribution in [0.3, 0.4) is 0 Å². The highest BCUT2D eigenvalue weighted by Gasteiger charge is 2.27. The van der Waals surface area contributed by atoms with Crippen molar-refractivity contribution in [1.29, 1.82) is 0 Å². The Kier molecular flexibility index (Phi) is 4.69. The molecule has 1 amide bonds. The lowest BCUT2D eigenvalue weighted by molar-refractivity contribution is -0.140. The molecule has 1 aromatic heterocycles. The second-order valence-electron chi connectivity index (χ2n) is 4.84. The molecule has 19 heavy (non-hydrogen) atoms. The molecule has 0 aliphatic rings. The summed E-state index contributed by atoms with van der Waals surface area (Å²) in [5, 5.41) is 15.9. The van der Waals surface area contributed by atoms with Crippen LogP contribution in [0.4, 0.5) is 0 Å². The van der Waals surface area contributed by atoms with Gasteiger partial charge in [0, 0.05) is 12.7 Å². The molecule has 0 spiro atoms. The number of amides is 1. The van der Waals surface area contributed by atoms with Crippen molar-refractivity contribution in [3.8, 4) is 0 Å². The van der Waals surface area contributed by atoms with Crippen molar-refractivity contribution in [2.75, 3.05) is 0 Å². The van der Waals surface area contributed by atoms with Gasteiger partial charge in [0.2, 0.25) is 0 Å². The highest BCUT2D eigenvalue weighted by Crippen LogP contribution is 2.14. The van der Waals surface area contributed by atoms with E-state index in [-0.39, 0.29) is 11.8 Å². The van der Waals surface area contributed by atoms with Gasteiger partial charge in [-0.2, -0.15) is 5.10 Å². The van der Waals surface area contributed by atoms with Crippen molar-refractivity contribution in [2.45, 2.75) is 40.2 Å². The Morgan fingerprint density at radius 3 is 2.37 bits per heavy atom. The van der Waals surface area contributed by atoms with Gasteiger partial charge in [-0.25, -0.2) is 4.79 Å². The van der Waals surface area contributed by atoms with Crippen molar-refractivity contribution in [3.05, 3.63) is 17.0 Å². The van der Waals surface area contributed by atoms with Crippen LogP contribution in [0.1, 0.15) is 42.0 Å². The van der Waals surface area contributed by atoms with E-state index in [0.29, 0.717) is 17.7 Å². The fraction of sp³-hybridized carbons (Fsp3) is 0.615. The van der Waals surface area contributed by atoms with Crippen molar-refractivity contribution in [2.24, 2.45) is 13.0 Å². The van der Waals surface area contributed by atoms with Gasteiger partial charge in [0.1, 0.15) is 6.04 Å². The Morgan fingerprint density at radius 1 is 1.42 bits per heavy atom. The van der Waals surface area contributed by atoms with Crippen LogP contribution < -0.4 is 5.32 Å². The van der Waals surface area contributed by atoms with Crippen LogP contribution in [0.2, 0.25) is 0 Å². The van der Waals surface area contributed by atoms with Gasteiger partial charge in [-0.05, 0) is 19.8 Å². The average molecular weight is 267 g/mol. The smallest absolute Gasteiger partial charge is 0.326 e. The van der Waals surface area contributed by atoms with Crippen LogP contribution in [0.5, 0.6) is 0 Å². The monoisotopic (exact) mass is 267 g/mol. The largest absolute Gasteiger partial charge is 0.480 e. The van der Waals surface area contributed by atoms with Crippen LogP contribution in [0.25, 0.3) is 0 Å². The summed E-state index contributed by atoms with van der Waals surface area (Å²) in [4.78, 5) is 23.4. The van der Waals surface area contributed by atoms with E-state index in [1.807, 2.05) is 13.8 Å². The summed E-state index contributed by atoms with van der Waals surface area (Å²) < 4.78 is 1.61. The second kappa shape index (κ2) is 5.86. The first-order valence-electron chi connectivity index (χ1n) is 6.33. The van der Waals surface area contributed by atoms with Gasteiger partial charge in [-0.1, -0.05) is 20.3 Å². The number of nitrogens with one attached hydrogen (secondary N) is 1. The minimum atomic E-state index is -1.01. The van der Waals surface area contributed by atoms with E-state index < -0.39 is 12.0 Å². The summed E-state index contributed by atoms with van der Waals surface area (Å²) in [7, 11) is 1.75. The number of aryl methyl sites for hydroxylation is 2. The van der Waals surface area contributed by atoms with E-state index in [0.717, 1.165) is 5.69 Å². The number of hydrogen-bond acceptors (Lipinski definition) is 3. The molecule has 0 aliphatic carbocycles. The molecule has 0 aliphatic heterocycles. The van der Waals surface area contributed by atoms with E-state index in [1.165, 1.54) is 0 Å². The molecule has 0 radical (unpaired) electrons. The number of nitrogens with zero attached hydrogens (tertiary/aromatic N) is 2. The molecule has 6 nitrogen and oxygen atoms in total. The maximum atomic E-state index is 12.2. The summed E-state index contributed by atoms with van der Waals surface area (Å²) in [6.07, 6.45) is 0.683. The zero-order chi connectivity index (χ0) is 14.7. The van der Waals surface area contributed by atoms with E-state index in [1.54, 1.807) is 25.6 Å². The standard InChI is InChI=1S/C13H21N3O3/c1-6-7(2)11(13(18)19)14-12(17)10-8(3)15-16(5)9(10)4/h7,11H,6H2,1-5H3,(H,14,17)(H,18,19)/t7-,11-/m0/s1. The second-order valence-corrected chi connectivity index (χ2v) is 4.84. The fourth-order valence-electron chi connectivity index (χ4n) is 2.00. The van der Waals surface area contributed by atoms with E-state index in [4.69, 9.17) is 0 Å². The Morgan fingerprint density at radius 2 is 2.00 bits per heavy atom. The zero-order valence-corrected chi connectivity index (χ0v) is 12.0. The lowest BCUT2D eigenvalue weighted by atomic mass is 9.99. The van der Waals surface area contributed by atoms with E-state index in [2.05, 4.69) is 10.4 Å². The third-order valence-corrected chi connectivity index (χ3v) is 3.50. The number of rotatable bonds is 5. The fourth-order valence-corrected chi connectivity index (χ4v) is 2.00. The van der Waals surface area contributed by atoms with Crippen molar-refractivity contribution in [1.82, 2.24) is 15.1 Å². The molecule has 2 N–H and O–H groups in total. The van der Waals surface area contributed by atoms with Gasteiger partial charge in [-0.15, -0.1) is 0 Å². The number of aromatic nitrogens is 2. The summed E-state index contributed by atoms with van der Waals surface area (Å²) >= 11 is 0. The molecule has 0 saturated carbocycles. The van der Waals surface area contributed by atoms with Crippen molar-refractivity contribution in [3.63, 3.8) is 0 Å². The van der Waals surface area contributed by atoms with Crippen LogP contribution in [-0.4, -0.2) is 32.8 Å². The van der Waals surface area contributed by atoms with Crippen molar-refractivity contribution >= 4 is 11.9 Å². The number of carbonyl (C=O) groups is 2. The first-order chi connectivity index (χ1) is 8.79. The first-order valence-corrected chi connectivity index (χ1v) is 6.33. The quantitative estimate of drug-likeness (QED) is 0.841. The zero-order valence-electron chi connectivity index (χ0n) is 12.0. The SMILES string of the molecule is CC[C@H](C)[C@H](NC(=O)c1c(C)nn(C)c1C)C(=O)O. The molecular weight excluding hydrogens is 246 g/mol. The summed E-state index contributed by atoms with van der Waals surface area (Å²) in [6.45, 7) is 7.23. The van der Waals surface area contributed by atoms with Crippen LogP contribution >= 0.6 is 0 Å². The highest BCUT2D eigenvalue weighted by molar-refractivity contribution is 5.98. The minimum Gasteiger partial charge on any atom is -0.480 e. The summed E-state index contributed by atoms with van der Waals surface area (Å²) in [6, 6.07) is -0.878. The third-order valence-electron chi connectivity index (χ3n) is 3.50. The Bertz CT molecular complexity index is 494. The molecule has 6 heteroatoms. The average Bonchev–Trinajstić information content (AvgIpc) is 2.58. The van der Waals surface area contributed by atoms with Crippen molar-refractivity contribution < 1.29 is 14.7 Å². The molecule has 0 aromatic carbocycles. The molecular formula is C13H21N3O3. The number of carboxylic acids is 1. The van der Waals surface area contributed by atoms with E-state index >= 15 is 0 Å². The predicted molar refractivity (Wildman–Crippen MR) is 71.0 cm³/mol. The maximum absolute atomic E-state index is 12.2.